The summed E-state index contributed by atoms with van der Waals surface area (Å²) in [6.45, 7) is 7.01. The molecule has 1 aromatic rings. The van der Waals surface area contributed by atoms with Crippen LogP contribution in [0.1, 0.15) is 31.7 Å². The predicted molar refractivity (Wildman–Crippen MR) is 80.7 cm³/mol. The highest BCUT2D eigenvalue weighted by Crippen LogP contribution is 2.38. The van der Waals surface area contributed by atoms with Crippen molar-refractivity contribution in [2.75, 3.05) is 26.3 Å². The number of likely N-dealkylation sites (tertiary alicyclic amines) is 1. The molecule has 20 heavy (non-hydrogen) atoms. The summed E-state index contributed by atoms with van der Waals surface area (Å²) < 4.78 is 11.4. The van der Waals surface area contributed by atoms with Crippen molar-refractivity contribution in [1.82, 2.24) is 4.90 Å². The van der Waals surface area contributed by atoms with Crippen LogP contribution in [0.4, 0.5) is 0 Å². The van der Waals surface area contributed by atoms with Crippen molar-refractivity contribution >= 4 is 11.6 Å². The van der Waals surface area contributed by atoms with Gasteiger partial charge in [-0.05, 0) is 49.5 Å². The summed E-state index contributed by atoms with van der Waals surface area (Å²) in [6.07, 6.45) is 3.49. The summed E-state index contributed by atoms with van der Waals surface area (Å²) in [5, 5.41) is 0.671. The zero-order valence-electron chi connectivity index (χ0n) is 12.0. The van der Waals surface area contributed by atoms with Crippen molar-refractivity contribution in [3.05, 3.63) is 22.7 Å². The fraction of sp³-hybridized carbons (Fsp3) is 0.625. The lowest BCUT2D eigenvalue weighted by molar-refractivity contribution is 0.185. The number of fused-ring (bicyclic) bond motifs is 1. The van der Waals surface area contributed by atoms with Crippen LogP contribution in [-0.2, 0) is 6.54 Å². The second-order valence-electron chi connectivity index (χ2n) is 5.91. The highest BCUT2D eigenvalue weighted by Gasteiger charge is 2.19. The number of halogens is 1. The van der Waals surface area contributed by atoms with E-state index in [0.717, 1.165) is 24.6 Å². The van der Waals surface area contributed by atoms with Crippen molar-refractivity contribution in [2.45, 2.75) is 32.7 Å². The summed E-state index contributed by atoms with van der Waals surface area (Å²) in [4.78, 5) is 2.50. The SMILES string of the molecule is CC1CCN(Cc2cc(Cl)c3c(c2)OCCCO3)CC1. The van der Waals surface area contributed by atoms with Crippen LogP contribution in [0.2, 0.25) is 5.02 Å². The van der Waals surface area contributed by atoms with E-state index < -0.39 is 0 Å². The Morgan fingerprint density at radius 1 is 1.20 bits per heavy atom. The molecule has 1 saturated heterocycles. The topological polar surface area (TPSA) is 21.7 Å². The fourth-order valence-corrected chi connectivity index (χ4v) is 3.14. The Morgan fingerprint density at radius 2 is 1.95 bits per heavy atom. The first kappa shape index (κ1) is 14.0. The van der Waals surface area contributed by atoms with Gasteiger partial charge in [-0.3, -0.25) is 4.90 Å². The third-order valence-electron chi connectivity index (χ3n) is 4.14. The molecule has 0 aliphatic carbocycles. The summed E-state index contributed by atoms with van der Waals surface area (Å²) in [7, 11) is 0. The van der Waals surface area contributed by atoms with E-state index in [1.54, 1.807) is 0 Å². The first-order valence-corrected chi connectivity index (χ1v) is 7.90. The monoisotopic (exact) mass is 295 g/mol. The van der Waals surface area contributed by atoms with Gasteiger partial charge < -0.3 is 9.47 Å². The van der Waals surface area contributed by atoms with Crippen LogP contribution in [0.25, 0.3) is 0 Å². The molecule has 0 amide bonds. The van der Waals surface area contributed by atoms with Gasteiger partial charge in [-0.1, -0.05) is 18.5 Å². The number of ether oxygens (including phenoxy) is 2. The van der Waals surface area contributed by atoms with Gasteiger partial charge in [-0.2, -0.15) is 0 Å². The first-order chi connectivity index (χ1) is 9.72. The highest BCUT2D eigenvalue weighted by atomic mass is 35.5. The Kier molecular flexibility index (Phi) is 4.37. The van der Waals surface area contributed by atoms with Gasteiger partial charge in [-0.15, -0.1) is 0 Å². The van der Waals surface area contributed by atoms with Crippen molar-refractivity contribution < 1.29 is 9.47 Å². The summed E-state index contributed by atoms with van der Waals surface area (Å²) in [6, 6.07) is 4.11. The number of hydrogen-bond acceptors (Lipinski definition) is 3. The lowest BCUT2D eigenvalue weighted by Crippen LogP contribution is -2.32. The predicted octanol–water partition coefficient (Wildman–Crippen LogP) is 3.73. The standard InChI is InChI=1S/C16H22ClNO2/c1-12-3-5-18(6-4-12)11-13-9-14(17)16-15(10-13)19-7-2-8-20-16/h9-10,12H,2-8,11H2,1H3. The average molecular weight is 296 g/mol. The highest BCUT2D eigenvalue weighted by molar-refractivity contribution is 6.32. The zero-order valence-corrected chi connectivity index (χ0v) is 12.8. The molecule has 3 nitrogen and oxygen atoms in total. The smallest absolute Gasteiger partial charge is 0.179 e. The Labute approximate surface area is 125 Å². The van der Waals surface area contributed by atoms with Crippen molar-refractivity contribution in [1.29, 1.82) is 0 Å². The number of piperidine rings is 1. The number of hydrogen-bond donors (Lipinski definition) is 0. The zero-order chi connectivity index (χ0) is 13.9. The molecule has 0 aromatic heterocycles. The van der Waals surface area contributed by atoms with Crippen LogP contribution in [0.3, 0.4) is 0 Å². The van der Waals surface area contributed by atoms with E-state index >= 15 is 0 Å². The van der Waals surface area contributed by atoms with E-state index in [1.165, 1.54) is 31.5 Å². The van der Waals surface area contributed by atoms with Crippen molar-refractivity contribution in [3.63, 3.8) is 0 Å². The maximum Gasteiger partial charge on any atom is 0.179 e. The molecular weight excluding hydrogens is 274 g/mol. The van der Waals surface area contributed by atoms with E-state index in [0.29, 0.717) is 24.0 Å². The van der Waals surface area contributed by atoms with Crippen LogP contribution in [0.5, 0.6) is 11.5 Å². The molecular formula is C16H22ClNO2. The van der Waals surface area contributed by atoms with E-state index in [1.807, 2.05) is 6.07 Å². The minimum absolute atomic E-state index is 0.671. The molecule has 4 heteroatoms. The van der Waals surface area contributed by atoms with Gasteiger partial charge in [0.05, 0.1) is 18.2 Å². The molecule has 0 radical (unpaired) electrons. The van der Waals surface area contributed by atoms with Gasteiger partial charge in [0.2, 0.25) is 0 Å². The molecule has 0 saturated carbocycles. The molecule has 2 aliphatic heterocycles. The molecule has 0 bridgehead atoms. The Morgan fingerprint density at radius 3 is 2.75 bits per heavy atom. The normalized spacial score (nSPS) is 20.7. The van der Waals surface area contributed by atoms with Crippen LogP contribution in [0, 0.1) is 5.92 Å². The van der Waals surface area contributed by atoms with Crippen molar-refractivity contribution in [2.24, 2.45) is 5.92 Å². The van der Waals surface area contributed by atoms with Crippen LogP contribution in [-0.4, -0.2) is 31.2 Å². The molecule has 0 spiro atoms. The van der Waals surface area contributed by atoms with E-state index in [-0.39, 0.29) is 0 Å². The fourth-order valence-electron chi connectivity index (χ4n) is 2.85. The summed E-state index contributed by atoms with van der Waals surface area (Å²) in [5.74, 6) is 2.37. The number of nitrogens with zero attached hydrogens (tertiary/aromatic N) is 1. The quantitative estimate of drug-likeness (QED) is 0.830. The second-order valence-corrected chi connectivity index (χ2v) is 6.32. The van der Waals surface area contributed by atoms with E-state index in [2.05, 4.69) is 17.9 Å². The Bertz CT molecular complexity index is 470. The Hall–Kier alpha value is -0.930. The van der Waals surface area contributed by atoms with Crippen LogP contribution in [0.15, 0.2) is 12.1 Å². The molecule has 1 fully saturated rings. The van der Waals surface area contributed by atoms with Gasteiger partial charge >= 0.3 is 0 Å². The third kappa shape index (κ3) is 3.21. The van der Waals surface area contributed by atoms with Gasteiger partial charge in [0.25, 0.3) is 0 Å². The second kappa shape index (κ2) is 6.23. The van der Waals surface area contributed by atoms with Crippen LogP contribution < -0.4 is 9.47 Å². The molecule has 0 N–H and O–H groups in total. The van der Waals surface area contributed by atoms with E-state index in [9.17, 15) is 0 Å². The minimum Gasteiger partial charge on any atom is -0.489 e. The number of benzene rings is 1. The molecule has 1 aromatic carbocycles. The largest absolute Gasteiger partial charge is 0.489 e. The summed E-state index contributed by atoms with van der Waals surface area (Å²) in [5.41, 5.74) is 1.22. The van der Waals surface area contributed by atoms with Gasteiger partial charge in [-0.25, -0.2) is 0 Å². The van der Waals surface area contributed by atoms with Crippen LogP contribution >= 0.6 is 11.6 Å². The first-order valence-electron chi connectivity index (χ1n) is 7.53. The van der Waals surface area contributed by atoms with Gasteiger partial charge in [0, 0.05) is 13.0 Å². The molecule has 110 valence electrons. The molecule has 0 unspecified atom stereocenters. The molecule has 2 aliphatic rings. The lowest BCUT2D eigenvalue weighted by atomic mass is 9.99. The molecule has 0 atom stereocenters. The summed E-state index contributed by atoms with van der Waals surface area (Å²) >= 11 is 6.34. The molecule has 3 rings (SSSR count). The van der Waals surface area contributed by atoms with Crippen molar-refractivity contribution in [3.8, 4) is 11.5 Å². The van der Waals surface area contributed by atoms with Gasteiger partial charge in [0.15, 0.2) is 11.5 Å². The maximum absolute atomic E-state index is 6.34. The minimum atomic E-state index is 0.671. The van der Waals surface area contributed by atoms with E-state index in [4.69, 9.17) is 21.1 Å². The number of rotatable bonds is 2. The lowest BCUT2D eigenvalue weighted by Gasteiger charge is -2.30. The molecule has 2 heterocycles. The average Bonchev–Trinajstić information content (AvgIpc) is 2.67. The maximum atomic E-state index is 6.34. The Balaban J connectivity index is 1.74. The third-order valence-corrected chi connectivity index (χ3v) is 4.43. The van der Waals surface area contributed by atoms with Gasteiger partial charge in [0.1, 0.15) is 0 Å².